The van der Waals surface area contributed by atoms with Gasteiger partial charge in [-0.1, -0.05) is 6.42 Å². The summed E-state index contributed by atoms with van der Waals surface area (Å²) in [6, 6.07) is 0.451. The number of imidazole rings is 1. The third kappa shape index (κ3) is 2.52. The fourth-order valence-electron chi connectivity index (χ4n) is 2.01. The number of nitrogens with one attached hydrogen (secondary N) is 1. The van der Waals surface area contributed by atoms with Crippen LogP contribution in [0.25, 0.3) is 0 Å². The molecule has 1 fully saturated rings. The topological polar surface area (TPSA) is 29.9 Å². The van der Waals surface area contributed by atoms with Gasteiger partial charge in [-0.3, -0.25) is 0 Å². The highest BCUT2D eigenvalue weighted by molar-refractivity contribution is 5.29. The van der Waals surface area contributed by atoms with Crippen molar-refractivity contribution in [2.45, 2.75) is 52.6 Å². The van der Waals surface area contributed by atoms with Crippen LogP contribution in [0.4, 0.5) is 5.95 Å². The van der Waals surface area contributed by atoms with E-state index in [1.165, 1.54) is 19.3 Å². The van der Waals surface area contributed by atoms with Crippen molar-refractivity contribution in [2.75, 3.05) is 5.32 Å². The Bertz CT molecular complexity index is 324. The number of rotatable bonds is 4. The molecule has 0 radical (unpaired) electrons. The predicted molar refractivity (Wildman–Crippen MR) is 63.1 cm³/mol. The van der Waals surface area contributed by atoms with Gasteiger partial charge in [-0.05, 0) is 39.5 Å². The maximum Gasteiger partial charge on any atom is 0.203 e. The lowest BCUT2D eigenvalue weighted by atomic mass is 9.85. The fraction of sp³-hybridized carbons (Fsp3) is 0.750. The van der Waals surface area contributed by atoms with Gasteiger partial charge >= 0.3 is 0 Å². The van der Waals surface area contributed by atoms with Gasteiger partial charge < -0.3 is 9.88 Å². The Kier molecular flexibility index (Phi) is 2.98. The van der Waals surface area contributed by atoms with Crippen molar-refractivity contribution >= 4 is 5.95 Å². The predicted octanol–water partition coefficient (Wildman–Crippen LogP) is 2.81. The summed E-state index contributed by atoms with van der Waals surface area (Å²) < 4.78 is 2.28. The molecule has 1 saturated carbocycles. The summed E-state index contributed by atoms with van der Waals surface area (Å²) >= 11 is 0. The Labute approximate surface area is 91.9 Å². The van der Waals surface area contributed by atoms with Crippen molar-refractivity contribution < 1.29 is 0 Å². The van der Waals surface area contributed by atoms with Crippen molar-refractivity contribution in [3.63, 3.8) is 0 Å². The fourth-order valence-corrected chi connectivity index (χ4v) is 2.01. The minimum absolute atomic E-state index is 0.451. The van der Waals surface area contributed by atoms with Gasteiger partial charge in [0.15, 0.2) is 0 Å². The molecule has 15 heavy (non-hydrogen) atoms. The summed E-state index contributed by atoms with van der Waals surface area (Å²) in [5.41, 5.74) is 1.11. The maximum atomic E-state index is 4.51. The molecule has 0 aliphatic heterocycles. The molecule has 1 heterocycles. The molecule has 1 aromatic rings. The van der Waals surface area contributed by atoms with E-state index in [2.05, 4.69) is 41.8 Å². The number of nitrogens with zero attached hydrogens (tertiary/aromatic N) is 2. The van der Waals surface area contributed by atoms with Crippen LogP contribution in [0, 0.1) is 12.8 Å². The van der Waals surface area contributed by atoms with E-state index < -0.39 is 0 Å². The van der Waals surface area contributed by atoms with E-state index in [9.17, 15) is 0 Å². The second-order valence-corrected chi connectivity index (χ2v) is 4.95. The summed E-state index contributed by atoms with van der Waals surface area (Å²) in [5, 5.41) is 3.40. The molecule has 84 valence electrons. The van der Waals surface area contributed by atoms with Crippen molar-refractivity contribution in [3.8, 4) is 0 Å². The smallest absolute Gasteiger partial charge is 0.203 e. The van der Waals surface area contributed by atoms with Gasteiger partial charge in [0.1, 0.15) is 0 Å². The summed E-state index contributed by atoms with van der Waals surface area (Å²) in [4.78, 5) is 4.51. The molecule has 1 aliphatic carbocycles. The third-order valence-electron chi connectivity index (χ3n) is 2.99. The minimum atomic E-state index is 0.451. The molecule has 1 aromatic heterocycles. The Morgan fingerprint density at radius 2 is 2.27 bits per heavy atom. The zero-order valence-corrected chi connectivity index (χ0v) is 9.95. The van der Waals surface area contributed by atoms with E-state index in [1.54, 1.807) is 0 Å². The zero-order chi connectivity index (χ0) is 10.8. The van der Waals surface area contributed by atoms with E-state index in [0.717, 1.165) is 24.1 Å². The highest BCUT2D eigenvalue weighted by Crippen LogP contribution is 2.29. The quantitative estimate of drug-likeness (QED) is 0.822. The average molecular weight is 207 g/mol. The normalized spacial score (nSPS) is 16.8. The minimum Gasteiger partial charge on any atom is -0.353 e. The molecule has 3 nitrogen and oxygen atoms in total. The van der Waals surface area contributed by atoms with Gasteiger partial charge in [-0.2, -0.15) is 0 Å². The first kappa shape index (κ1) is 10.5. The van der Waals surface area contributed by atoms with Gasteiger partial charge in [0.05, 0.1) is 5.69 Å². The molecule has 1 N–H and O–H groups in total. The Morgan fingerprint density at radius 1 is 1.53 bits per heavy atom. The van der Waals surface area contributed by atoms with Crippen LogP contribution in [0.2, 0.25) is 0 Å². The van der Waals surface area contributed by atoms with Crippen molar-refractivity contribution in [1.82, 2.24) is 9.55 Å². The lowest BCUT2D eigenvalue weighted by Gasteiger charge is -2.26. The molecule has 1 aliphatic rings. The van der Waals surface area contributed by atoms with Gasteiger partial charge in [0.2, 0.25) is 5.95 Å². The van der Waals surface area contributed by atoms with E-state index in [1.807, 2.05) is 0 Å². The molecule has 2 rings (SSSR count). The second-order valence-electron chi connectivity index (χ2n) is 4.95. The number of hydrogen-bond acceptors (Lipinski definition) is 2. The van der Waals surface area contributed by atoms with Crippen LogP contribution in [0.3, 0.4) is 0 Å². The molecule has 3 heteroatoms. The van der Waals surface area contributed by atoms with Crippen LogP contribution in [-0.2, 0) is 6.54 Å². The second kappa shape index (κ2) is 4.25. The Morgan fingerprint density at radius 3 is 2.80 bits per heavy atom. The number of hydrogen-bond donors (Lipinski definition) is 1. The largest absolute Gasteiger partial charge is 0.353 e. The summed E-state index contributed by atoms with van der Waals surface area (Å²) in [6.45, 7) is 7.49. The van der Waals surface area contributed by atoms with Gasteiger partial charge in [-0.15, -0.1) is 0 Å². The molecule has 0 saturated heterocycles. The lowest BCUT2D eigenvalue weighted by molar-refractivity contribution is 0.277. The van der Waals surface area contributed by atoms with Crippen LogP contribution in [-0.4, -0.2) is 15.6 Å². The molecule has 0 atom stereocenters. The van der Waals surface area contributed by atoms with Gasteiger partial charge in [0, 0.05) is 18.8 Å². The van der Waals surface area contributed by atoms with Crippen molar-refractivity contribution in [3.05, 3.63) is 11.9 Å². The van der Waals surface area contributed by atoms with Gasteiger partial charge in [0.25, 0.3) is 0 Å². The van der Waals surface area contributed by atoms with E-state index >= 15 is 0 Å². The van der Waals surface area contributed by atoms with Crippen LogP contribution >= 0.6 is 0 Å². The van der Waals surface area contributed by atoms with E-state index in [4.69, 9.17) is 0 Å². The number of aryl methyl sites for hydroxylation is 1. The average Bonchev–Trinajstić information content (AvgIpc) is 2.38. The first-order valence-corrected chi connectivity index (χ1v) is 5.95. The SMILES string of the molecule is Cc1cn(CC2CCC2)c(NC(C)C)n1. The summed E-state index contributed by atoms with van der Waals surface area (Å²) in [6.07, 6.45) is 6.34. The highest BCUT2D eigenvalue weighted by atomic mass is 15.2. The van der Waals surface area contributed by atoms with Gasteiger partial charge in [-0.25, -0.2) is 4.98 Å². The monoisotopic (exact) mass is 207 g/mol. The van der Waals surface area contributed by atoms with Crippen molar-refractivity contribution in [1.29, 1.82) is 0 Å². The Hall–Kier alpha value is -0.990. The molecule has 0 unspecified atom stereocenters. The summed E-state index contributed by atoms with van der Waals surface area (Å²) in [7, 11) is 0. The van der Waals surface area contributed by atoms with Crippen LogP contribution in [0.15, 0.2) is 6.20 Å². The highest BCUT2D eigenvalue weighted by Gasteiger charge is 2.19. The van der Waals surface area contributed by atoms with E-state index in [0.29, 0.717) is 6.04 Å². The van der Waals surface area contributed by atoms with Crippen LogP contribution in [0.5, 0.6) is 0 Å². The molecule has 0 spiro atoms. The first-order valence-electron chi connectivity index (χ1n) is 5.95. The molecule has 0 amide bonds. The molecule has 0 aromatic carbocycles. The lowest BCUT2D eigenvalue weighted by Crippen LogP contribution is -2.21. The first-order chi connectivity index (χ1) is 7.15. The van der Waals surface area contributed by atoms with E-state index in [-0.39, 0.29) is 0 Å². The Balaban J connectivity index is 2.06. The third-order valence-corrected chi connectivity index (χ3v) is 2.99. The molecule has 0 bridgehead atoms. The standard InChI is InChI=1S/C12H21N3/c1-9(2)13-12-14-10(3)7-15(12)8-11-5-4-6-11/h7,9,11H,4-6,8H2,1-3H3,(H,13,14). The maximum absolute atomic E-state index is 4.51. The molecular weight excluding hydrogens is 186 g/mol. The zero-order valence-electron chi connectivity index (χ0n) is 9.95. The molecular formula is C12H21N3. The van der Waals surface area contributed by atoms with Crippen LogP contribution in [0.1, 0.15) is 38.8 Å². The number of aromatic nitrogens is 2. The van der Waals surface area contributed by atoms with Crippen LogP contribution < -0.4 is 5.32 Å². The number of anilines is 1. The van der Waals surface area contributed by atoms with Crippen molar-refractivity contribution in [2.24, 2.45) is 5.92 Å². The summed E-state index contributed by atoms with van der Waals surface area (Å²) in [5.74, 6) is 1.92.